The van der Waals surface area contributed by atoms with Crippen molar-refractivity contribution in [2.45, 2.75) is 12.8 Å². The molecule has 0 fully saturated rings. The molecule has 1 aromatic rings. The monoisotopic (exact) mass is 256 g/mol. The van der Waals surface area contributed by atoms with E-state index in [1.165, 1.54) is 0 Å². The molecule has 0 bridgehead atoms. The van der Waals surface area contributed by atoms with Crippen LogP contribution >= 0.6 is 15.9 Å². The first-order valence-corrected chi connectivity index (χ1v) is 4.85. The van der Waals surface area contributed by atoms with Gasteiger partial charge in [0.25, 0.3) is 0 Å². The van der Waals surface area contributed by atoms with E-state index in [2.05, 4.69) is 15.9 Å². The van der Waals surface area contributed by atoms with Crippen molar-refractivity contribution < 1.29 is 14.7 Å². The first-order valence-electron chi connectivity index (χ1n) is 4.06. The summed E-state index contributed by atoms with van der Waals surface area (Å²) in [6, 6.07) is 7.24. The lowest BCUT2D eigenvalue weighted by Crippen LogP contribution is -2.09. The molecule has 14 heavy (non-hydrogen) atoms. The predicted octanol–water partition coefficient (Wildman–Crippen LogP) is 2.04. The Labute approximate surface area is 89.9 Å². The second-order valence-corrected chi connectivity index (χ2v) is 3.83. The summed E-state index contributed by atoms with van der Waals surface area (Å²) in [7, 11) is 0. The number of halogens is 1. The van der Waals surface area contributed by atoms with Crippen LogP contribution in [0, 0.1) is 0 Å². The van der Waals surface area contributed by atoms with Crippen molar-refractivity contribution >= 4 is 27.7 Å². The van der Waals surface area contributed by atoms with Gasteiger partial charge >= 0.3 is 5.97 Å². The highest BCUT2D eigenvalue weighted by Gasteiger charge is 2.08. The maximum Gasteiger partial charge on any atom is 0.310 e. The molecule has 0 aromatic heterocycles. The Hall–Kier alpha value is -1.16. The van der Waals surface area contributed by atoms with Gasteiger partial charge in [0.2, 0.25) is 0 Å². The average molecular weight is 257 g/mol. The summed E-state index contributed by atoms with van der Waals surface area (Å²) >= 11 is 3.27. The van der Waals surface area contributed by atoms with Crippen molar-refractivity contribution in [1.29, 1.82) is 0 Å². The van der Waals surface area contributed by atoms with E-state index < -0.39 is 12.4 Å². The van der Waals surface area contributed by atoms with Gasteiger partial charge in [-0.05, 0) is 17.7 Å². The molecule has 3 nitrogen and oxygen atoms in total. The molecule has 1 N–H and O–H groups in total. The first kappa shape index (κ1) is 10.9. The predicted molar refractivity (Wildman–Crippen MR) is 55.1 cm³/mol. The maximum atomic E-state index is 11.1. The topological polar surface area (TPSA) is 54.4 Å². The summed E-state index contributed by atoms with van der Waals surface area (Å²) in [5, 5.41) is 8.38. The quantitative estimate of drug-likeness (QED) is 0.839. The highest BCUT2D eigenvalue weighted by atomic mass is 79.9. The van der Waals surface area contributed by atoms with Gasteiger partial charge in [0.15, 0.2) is 0 Å². The Balaban J connectivity index is 2.56. The smallest absolute Gasteiger partial charge is 0.310 e. The Morgan fingerprint density at radius 3 is 2.29 bits per heavy atom. The van der Waals surface area contributed by atoms with Gasteiger partial charge in [-0.15, -0.1) is 0 Å². The van der Waals surface area contributed by atoms with E-state index in [0.29, 0.717) is 0 Å². The minimum Gasteiger partial charge on any atom is -0.481 e. The number of carbonyl (C=O) groups excluding carboxylic acids is 1. The number of carbonyl (C=O) groups is 2. The zero-order valence-corrected chi connectivity index (χ0v) is 8.95. The molecule has 0 saturated carbocycles. The average Bonchev–Trinajstić information content (AvgIpc) is 2.07. The van der Waals surface area contributed by atoms with Gasteiger partial charge in [0.1, 0.15) is 12.2 Å². The summed E-state index contributed by atoms with van der Waals surface area (Å²) in [5.74, 6) is -1.35. The highest BCUT2D eigenvalue weighted by Crippen LogP contribution is 2.11. The zero-order valence-electron chi connectivity index (χ0n) is 7.37. The molecule has 0 atom stereocenters. The molecule has 0 unspecified atom stereocenters. The molecule has 4 heteroatoms. The summed E-state index contributed by atoms with van der Waals surface area (Å²) in [6.45, 7) is 0. The Morgan fingerprint density at radius 2 is 1.79 bits per heavy atom. The Morgan fingerprint density at radius 1 is 1.21 bits per heavy atom. The van der Waals surface area contributed by atoms with Gasteiger partial charge in [0.05, 0.1) is 0 Å². The number of hydrogen-bond donors (Lipinski definition) is 1. The number of carboxylic acids is 1. The van der Waals surface area contributed by atoms with Crippen molar-refractivity contribution in [3.8, 4) is 0 Å². The van der Waals surface area contributed by atoms with Crippen LogP contribution in [0.1, 0.15) is 12.0 Å². The van der Waals surface area contributed by atoms with E-state index in [9.17, 15) is 9.59 Å². The molecule has 1 aromatic carbocycles. The fourth-order valence-electron chi connectivity index (χ4n) is 1.06. The zero-order chi connectivity index (χ0) is 10.6. The number of ketones is 1. The maximum absolute atomic E-state index is 11.1. The lowest BCUT2D eigenvalue weighted by atomic mass is 10.1. The van der Waals surface area contributed by atoms with E-state index in [1.54, 1.807) is 12.1 Å². The third-order valence-corrected chi connectivity index (χ3v) is 2.19. The molecule has 74 valence electrons. The van der Waals surface area contributed by atoms with Crippen LogP contribution in [0.25, 0.3) is 0 Å². The molecule has 1 rings (SSSR count). The van der Waals surface area contributed by atoms with Crippen LogP contribution in [0.4, 0.5) is 0 Å². The van der Waals surface area contributed by atoms with Gasteiger partial charge in [-0.1, -0.05) is 28.1 Å². The van der Waals surface area contributed by atoms with E-state index in [1.807, 2.05) is 12.1 Å². The van der Waals surface area contributed by atoms with E-state index >= 15 is 0 Å². The summed E-state index contributed by atoms with van der Waals surface area (Å²) in [4.78, 5) is 21.3. The van der Waals surface area contributed by atoms with Gasteiger partial charge in [-0.2, -0.15) is 0 Å². The Bertz CT molecular complexity index is 343. The lowest BCUT2D eigenvalue weighted by Gasteiger charge is -1.98. The van der Waals surface area contributed by atoms with Crippen molar-refractivity contribution in [3.05, 3.63) is 34.3 Å². The third kappa shape index (κ3) is 3.70. The number of rotatable bonds is 4. The molecule has 0 spiro atoms. The summed E-state index contributed by atoms with van der Waals surface area (Å²) in [6.07, 6.45) is -0.227. The van der Waals surface area contributed by atoms with Crippen LogP contribution in [0.15, 0.2) is 28.7 Å². The molecule has 0 saturated heterocycles. The van der Waals surface area contributed by atoms with Crippen molar-refractivity contribution in [1.82, 2.24) is 0 Å². The van der Waals surface area contributed by atoms with Crippen LogP contribution in [0.3, 0.4) is 0 Å². The number of aliphatic carboxylic acids is 1. The van der Waals surface area contributed by atoms with Crippen LogP contribution < -0.4 is 0 Å². The number of hydrogen-bond acceptors (Lipinski definition) is 2. The SMILES string of the molecule is O=C(O)CC(=O)Cc1ccc(Br)cc1. The molecule has 0 heterocycles. The molecule has 0 radical (unpaired) electrons. The van der Waals surface area contributed by atoms with Crippen LogP contribution in [0.5, 0.6) is 0 Å². The van der Waals surface area contributed by atoms with Gasteiger partial charge in [-0.25, -0.2) is 0 Å². The largest absolute Gasteiger partial charge is 0.481 e. The second-order valence-electron chi connectivity index (χ2n) is 2.91. The van der Waals surface area contributed by atoms with Crippen LogP contribution in [0.2, 0.25) is 0 Å². The molecule has 0 aliphatic rings. The molecule has 0 aliphatic heterocycles. The molecular weight excluding hydrogens is 248 g/mol. The lowest BCUT2D eigenvalue weighted by molar-refractivity contribution is -0.140. The minimum absolute atomic E-state index is 0.180. The van der Waals surface area contributed by atoms with E-state index in [4.69, 9.17) is 5.11 Å². The number of Topliss-reactive ketones (excluding diaryl/α,β-unsaturated/α-hetero) is 1. The van der Waals surface area contributed by atoms with Crippen molar-refractivity contribution in [3.63, 3.8) is 0 Å². The standard InChI is InChI=1S/C10H9BrO3/c11-8-3-1-7(2-4-8)5-9(12)6-10(13)14/h1-4H,5-6H2,(H,13,14). The summed E-state index contributed by atoms with van der Waals surface area (Å²) in [5.41, 5.74) is 0.833. The second kappa shape index (κ2) is 4.91. The van der Waals surface area contributed by atoms with Crippen LogP contribution in [-0.4, -0.2) is 16.9 Å². The van der Waals surface area contributed by atoms with Crippen molar-refractivity contribution in [2.75, 3.05) is 0 Å². The van der Waals surface area contributed by atoms with Gasteiger partial charge in [-0.3, -0.25) is 9.59 Å². The minimum atomic E-state index is -1.08. The third-order valence-electron chi connectivity index (χ3n) is 1.66. The number of carboxylic acid groups (broad SMARTS) is 1. The first-order chi connectivity index (χ1) is 6.58. The van der Waals surface area contributed by atoms with Crippen molar-refractivity contribution in [2.24, 2.45) is 0 Å². The molecule has 0 amide bonds. The number of benzene rings is 1. The van der Waals surface area contributed by atoms with Gasteiger partial charge < -0.3 is 5.11 Å². The normalized spacial score (nSPS) is 9.79. The fraction of sp³-hybridized carbons (Fsp3) is 0.200. The molecule has 0 aliphatic carbocycles. The van der Waals surface area contributed by atoms with Gasteiger partial charge in [0, 0.05) is 10.9 Å². The highest BCUT2D eigenvalue weighted by molar-refractivity contribution is 9.10. The van der Waals surface area contributed by atoms with Crippen LogP contribution in [-0.2, 0) is 16.0 Å². The Kier molecular flexibility index (Phi) is 3.83. The van der Waals surface area contributed by atoms with E-state index in [-0.39, 0.29) is 12.2 Å². The van der Waals surface area contributed by atoms with E-state index in [0.717, 1.165) is 10.0 Å². The molecular formula is C10H9BrO3. The summed E-state index contributed by atoms with van der Waals surface area (Å²) < 4.78 is 0.937. The fourth-order valence-corrected chi connectivity index (χ4v) is 1.33.